The molecule has 6 heteroatoms. The molecule has 0 radical (unpaired) electrons. The number of guanidine groups is 1. The Morgan fingerprint density at radius 2 is 2.12 bits per heavy atom. The van der Waals surface area contributed by atoms with Crippen molar-refractivity contribution in [3.05, 3.63) is 65.6 Å². The third kappa shape index (κ3) is 4.16. The first-order valence-corrected chi connectivity index (χ1v) is 8.24. The summed E-state index contributed by atoms with van der Waals surface area (Å²) in [5, 5.41) is 3.14. The van der Waals surface area contributed by atoms with Crippen LogP contribution in [0, 0.1) is 6.92 Å². The summed E-state index contributed by atoms with van der Waals surface area (Å²) in [5.74, 6) is 0.392. The summed E-state index contributed by atoms with van der Waals surface area (Å²) in [7, 11) is 1.67. The number of aryl methyl sites for hydroxylation is 1. The van der Waals surface area contributed by atoms with E-state index >= 15 is 0 Å². The molecule has 0 amide bonds. The lowest BCUT2D eigenvalue weighted by atomic mass is 10.2. The van der Waals surface area contributed by atoms with E-state index < -0.39 is 0 Å². The lowest BCUT2D eigenvalue weighted by Crippen LogP contribution is -2.23. The largest absolute Gasteiger partial charge is 0.380 e. The van der Waals surface area contributed by atoms with Crippen LogP contribution in [-0.2, 0) is 17.8 Å². The SMILES string of the molecule is COCc1ccccc1NC(N)=NCCc1cn2cccc(C)c2n1. The summed E-state index contributed by atoms with van der Waals surface area (Å²) in [4.78, 5) is 9.05. The summed E-state index contributed by atoms with van der Waals surface area (Å²) in [6.45, 7) is 3.16. The van der Waals surface area contributed by atoms with Gasteiger partial charge in [0.25, 0.3) is 0 Å². The molecule has 0 spiro atoms. The van der Waals surface area contributed by atoms with Crippen molar-refractivity contribution in [1.29, 1.82) is 0 Å². The van der Waals surface area contributed by atoms with E-state index in [0.717, 1.165) is 34.6 Å². The molecule has 0 fully saturated rings. The van der Waals surface area contributed by atoms with E-state index in [2.05, 4.69) is 28.3 Å². The van der Waals surface area contributed by atoms with Crippen LogP contribution < -0.4 is 11.1 Å². The van der Waals surface area contributed by atoms with Gasteiger partial charge >= 0.3 is 0 Å². The zero-order valence-electron chi connectivity index (χ0n) is 14.6. The zero-order chi connectivity index (χ0) is 17.6. The van der Waals surface area contributed by atoms with Crippen LogP contribution in [0.4, 0.5) is 5.69 Å². The van der Waals surface area contributed by atoms with E-state index in [0.29, 0.717) is 19.1 Å². The van der Waals surface area contributed by atoms with E-state index in [1.165, 1.54) is 0 Å². The number of benzene rings is 1. The van der Waals surface area contributed by atoms with Gasteiger partial charge in [-0.25, -0.2) is 4.98 Å². The third-order valence-electron chi connectivity index (χ3n) is 3.96. The monoisotopic (exact) mass is 337 g/mol. The topological polar surface area (TPSA) is 76.9 Å². The molecule has 3 rings (SSSR count). The van der Waals surface area contributed by atoms with Gasteiger partial charge in [0.05, 0.1) is 12.3 Å². The number of fused-ring (bicyclic) bond motifs is 1. The van der Waals surface area contributed by atoms with E-state index in [4.69, 9.17) is 10.5 Å². The molecule has 2 heterocycles. The highest BCUT2D eigenvalue weighted by atomic mass is 16.5. The minimum atomic E-state index is 0.392. The minimum Gasteiger partial charge on any atom is -0.380 e. The van der Waals surface area contributed by atoms with Gasteiger partial charge in [0, 0.05) is 43.7 Å². The van der Waals surface area contributed by atoms with Crippen LogP contribution in [0.25, 0.3) is 5.65 Å². The number of aliphatic imine (C=N–C) groups is 1. The summed E-state index contributed by atoms with van der Waals surface area (Å²) in [5.41, 5.74) is 11.1. The van der Waals surface area contributed by atoms with Crippen LogP contribution >= 0.6 is 0 Å². The first-order chi connectivity index (χ1) is 12.2. The number of imidazole rings is 1. The van der Waals surface area contributed by atoms with Crippen LogP contribution in [0.15, 0.2) is 53.8 Å². The van der Waals surface area contributed by atoms with E-state index in [1.54, 1.807) is 7.11 Å². The van der Waals surface area contributed by atoms with Crippen LogP contribution in [0.5, 0.6) is 0 Å². The summed E-state index contributed by atoms with van der Waals surface area (Å²) >= 11 is 0. The predicted molar refractivity (Wildman–Crippen MR) is 101 cm³/mol. The van der Waals surface area contributed by atoms with Gasteiger partial charge in [0.1, 0.15) is 5.65 Å². The average Bonchev–Trinajstić information content (AvgIpc) is 3.01. The zero-order valence-corrected chi connectivity index (χ0v) is 14.6. The molecule has 3 aromatic rings. The highest BCUT2D eigenvalue weighted by molar-refractivity contribution is 5.92. The fourth-order valence-electron chi connectivity index (χ4n) is 2.72. The molecule has 0 aliphatic carbocycles. The highest BCUT2D eigenvalue weighted by Crippen LogP contribution is 2.15. The molecule has 0 aliphatic heterocycles. The summed E-state index contributed by atoms with van der Waals surface area (Å²) in [6.07, 6.45) is 4.78. The number of rotatable bonds is 6. The summed E-state index contributed by atoms with van der Waals surface area (Å²) < 4.78 is 7.23. The van der Waals surface area contributed by atoms with E-state index in [-0.39, 0.29) is 0 Å². The van der Waals surface area contributed by atoms with Crippen molar-refractivity contribution in [2.45, 2.75) is 20.0 Å². The van der Waals surface area contributed by atoms with Crippen LogP contribution in [0.3, 0.4) is 0 Å². The van der Waals surface area contributed by atoms with Crippen molar-refractivity contribution < 1.29 is 4.74 Å². The van der Waals surface area contributed by atoms with E-state index in [9.17, 15) is 0 Å². The second kappa shape index (κ2) is 7.81. The van der Waals surface area contributed by atoms with Crippen molar-refractivity contribution >= 4 is 17.3 Å². The molecular formula is C19H23N5O. The molecular weight excluding hydrogens is 314 g/mol. The first kappa shape index (κ1) is 17.0. The number of pyridine rings is 1. The lowest BCUT2D eigenvalue weighted by Gasteiger charge is -2.10. The lowest BCUT2D eigenvalue weighted by molar-refractivity contribution is 0.185. The van der Waals surface area contributed by atoms with E-state index in [1.807, 2.05) is 47.1 Å². The molecule has 0 unspecified atom stereocenters. The van der Waals surface area contributed by atoms with Crippen LogP contribution in [0.2, 0.25) is 0 Å². The van der Waals surface area contributed by atoms with Gasteiger partial charge < -0.3 is 20.2 Å². The van der Waals surface area contributed by atoms with Gasteiger partial charge in [-0.05, 0) is 24.6 Å². The fraction of sp³-hybridized carbons (Fsp3) is 0.263. The molecule has 0 saturated carbocycles. The maximum atomic E-state index is 6.01. The average molecular weight is 337 g/mol. The Morgan fingerprint density at radius 3 is 2.92 bits per heavy atom. The molecule has 130 valence electrons. The number of hydrogen-bond donors (Lipinski definition) is 2. The Labute approximate surface area is 147 Å². The Morgan fingerprint density at radius 1 is 1.28 bits per heavy atom. The fourth-order valence-corrected chi connectivity index (χ4v) is 2.72. The normalized spacial score (nSPS) is 11.8. The van der Waals surface area contributed by atoms with Crippen LogP contribution in [-0.4, -0.2) is 29.0 Å². The van der Waals surface area contributed by atoms with Gasteiger partial charge in [-0.1, -0.05) is 24.3 Å². The number of nitrogens with zero attached hydrogens (tertiary/aromatic N) is 3. The minimum absolute atomic E-state index is 0.392. The Balaban J connectivity index is 1.62. The van der Waals surface area contributed by atoms with Gasteiger partial charge in [-0.2, -0.15) is 0 Å². The molecule has 2 aromatic heterocycles. The number of hydrogen-bond acceptors (Lipinski definition) is 3. The molecule has 1 aromatic carbocycles. The van der Waals surface area contributed by atoms with Gasteiger partial charge in [0.15, 0.2) is 5.96 Å². The smallest absolute Gasteiger partial charge is 0.193 e. The maximum absolute atomic E-state index is 6.01. The Bertz CT molecular complexity index is 884. The number of nitrogens with one attached hydrogen (secondary N) is 1. The Kier molecular flexibility index (Phi) is 5.30. The second-order valence-electron chi connectivity index (χ2n) is 5.89. The first-order valence-electron chi connectivity index (χ1n) is 8.24. The van der Waals surface area contributed by atoms with Gasteiger partial charge in [-0.3, -0.25) is 4.99 Å². The molecule has 25 heavy (non-hydrogen) atoms. The molecule has 3 N–H and O–H groups in total. The number of ether oxygens (including phenoxy) is 1. The molecule has 6 nitrogen and oxygen atoms in total. The number of anilines is 1. The maximum Gasteiger partial charge on any atom is 0.193 e. The van der Waals surface area contributed by atoms with Gasteiger partial charge in [-0.15, -0.1) is 0 Å². The number of aromatic nitrogens is 2. The summed E-state index contributed by atoms with van der Waals surface area (Å²) in [6, 6.07) is 12.0. The van der Waals surface area contributed by atoms with Crippen molar-refractivity contribution in [2.75, 3.05) is 19.0 Å². The van der Waals surface area contributed by atoms with Crippen molar-refractivity contribution in [2.24, 2.45) is 10.7 Å². The Hall–Kier alpha value is -2.86. The third-order valence-corrected chi connectivity index (χ3v) is 3.96. The predicted octanol–water partition coefficient (Wildman–Crippen LogP) is 2.76. The number of methoxy groups -OCH3 is 1. The van der Waals surface area contributed by atoms with Crippen LogP contribution in [0.1, 0.15) is 16.8 Å². The quantitative estimate of drug-likeness (QED) is 0.536. The molecule has 0 bridgehead atoms. The van der Waals surface area contributed by atoms with Gasteiger partial charge in [0.2, 0.25) is 0 Å². The number of para-hydroxylation sites is 1. The van der Waals surface area contributed by atoms with Crippen molar-refractivity contribution in [3.63, 3.8) is 0 Å². The molecule has 0 atom stereocenters. The highest BCUT2D eigenvalue weighted by Gasteiger charge is 2.04. The van der Waals surface area contributed by atoms with Crippen molar-refractivity contribution in [1.82, 2.24) is 9.38 Å². The molecule has 0 saturated heterocycles. The van der Waals surface area contributed by atoms with Crippen molar-refractivity contribution in [3.8, 4) is 0 Å². The second-order valence-corrected chi connectivity index (χ2v) is 5.89. The molecule has 0 aliphatic rings. The number of nitrogens with two attached hydrogens (primary N) is 1. The standard InChI is InChI=1S/C19H23N5O/c1-14-6-5-11-24-12-16(22-18(14)24)9-10-21-19(20)23-17-8-4-3-7-15(17)13-25-2/h3-8,11-12H,9-10,13H2,1-2H3,(H3,20,21,23).